The number of nitrogens with one attached hydrogen (secondary N) is 1. The largest absolute Gasteiger partial charge is 0.493 e. The van der Waals surface area contributed by atoms with Crippen LogP contribution in [0.4, 0.5) is 5.69 Å². The maximum atomic E-state index is 12.2. The zero-order valence-corrected chi connectivity index (χ0v) is 15.0. The molecule has 0 aliphatic carbocycles. The van der Waals surface area contributed by atoms with Crippen LogP contribution in [0.1, 0.15) is 18.1 Å². The molecule has 0 aliphatic heterocycles. The Bertz CT molecular complexity index is 770. The van der Waals surface area contributed by atoms with Crippen molar-refractivity contribution in [1.82, 2.24) is 0 Å². The average Bonchev–Trinajstić information content (AvgIpc) is 2.60. The molecule has 2 aromatic carbocycles. The third kappa shape index (κ3) is 4.89. The van der Waals surface area contributed by atoms with E-state index in [1.54, 1.807) is 38.5 Å². The number of methoxy groups -OCH3 is 2. The lowest BCUT2D eigenvalue weighted by atomic mass is 10.1. The summed E-state index contributed by atoms with van der Waals surface area (Å²) in [4.78, 5) is 0. The average molecular weight is 349 g/mol. The molecule has 0 radical (unpaired) electrons. The van der Waals surface area contributed by atoms with Gasteiger partial charge in [0, 0.05) is 5.69 Å². The van der Waals surface area contributed by atoms with E-state index < -0.39 is 10.0 Å². The van der Waals surface area contributed by atoms with Crippen molar-refractivity contribution < 1.29 is 17.9 Å². The third-order valence-corrected chi connectivity index (χ3v) is 5.03. The highest BCUT2D eigenvalue weighted by molar-refractivity contribution is 7.92. The molecule has 5 nitrogen and oxygen atoms in total. The third-order valence-electron chi connectivity index (χ3n) is 3.74. The number of sulfonamides is 1. The predicted molar refractivity (Wildman–Crippen MR) is 96.5 cm³/mol. The lowest BCUT2D eigenvalue weighted by molar-refractivity contribution is 0.354. The Hall–Kier alpha value is -2.21. The lowest BCUT2D eigenvalue weighted by Crippen LogP contribution is -2.18. The van der Waals surface area contributed by atoms with E-state index in [2.05, 4.69) is 11.6 Å². The molecule has 0 bridgehead atoms. The van der Waals surface area contributed by atoms with Gasteiger partial charge in [-0.15, -0.1) is 0 Å². The Kier molecular flexibility index (Phi) is 6.09. The molecule has 2 rings (SSSR count). The van der Waals surface area contributed by atoms with Gasteiger partial charge in [-0.05, 0) is 48.2 Å². The topological polar surface area (TPSA) is 64.6 Å². The van der Waals surface area contributed by atoms with Gasteiger partial charge in [0.05, 0.1) is 20.0 Å². The minimum Gasteiger partial charge on any atom is -0.493 e. The summed E-state index contributed by atoms with van der Waals surface area (Å²) in [6.45, 7) is 2.06. The molecule has 0 saturated heterocycles. The highest BCUT2D eigenvalue weighted by Gasteiger charge is 2.12. The summed E-state index contributed by atoms with van der Waals surface area (Å²) in [7, 11) is -0.289. The molecule has 0 spiro atoms. The van der Waals surface area contributed by atoms with E-state index in [0.29, 0.717) is 23.6 Å². The second kappa shape index (κ2) is 8.06. The van der Waals surface area contributed by atoms with Gasteiger partial charge in [-0.25, -0.2) is 8.42 Å². The van der Waals surface area contributed by atoms with E-state index in [4.69, 9.17) is 9.47 Å². The molecular weight excluding hydrogens is 326 g/mol. The van der Waals surface area contributed by atoms with Gasteiger partial charge in [0.2, 0.25) is 10.0 Å². The number of ether oxygens (including phenoxy) is 2. The Morgan fingerprint density at radius 2 is 1.54 bits per heavy atom. The van der Waals surface area contributed by atoms with Crippen LogP contribution in [0.3, 0.4) is 0 Å². The lowest BCUT2D eigenvalue weighted by Gasteiger charge is -2.11. The SMILES string of the molecule is CCc1ccc(NS(=O)(=O)CCc2ccc(OC)c(OC)c2)cc1. The van der Waals surface area contributed by atoms with Crippen molar-refractivity contribution in [2.45, 2.75) is 19.8 Å². The molecule has 0 unspecified atom stereocenters. The van der Waals surface area contributed by atoms with Gasteiger partial charge in [0.25, 0.3) is 0 Å². The van der Waals surface area contributed by atoms with Crippen LogP contribution in [0.15, 0.2) is 42.5 Å². The molecule has 130 valence electrons. The number of hydrogen-bond acceptors (Lipinski definition) is 4. The zero-order valence-electron chi connectivity index (χ0n) is 14.2. The fraction of sp³-hybridized carbons (Fsp3) is 0.333. The molecule has 0 fully saturated rings. The number of rotatable bonds is 8. The van der Waals surface area contributed by atoms with Crippen molar-refractivity contribution in [2.24, 2.45) is 0 Å². The summed E-state index contributed by atoms with van der Waals surface area (Å²) in [5.41, 5.74) is 2.63. The molecule has 0 saturated carbocycles. The molecule has 0 aliphatic rings. The summed E-state index contributed by atoms with van der Waals surface area (Å²) in [5.74, 6) is 1.21. The Balaban J connectivity index is 2.01. The first-order valence-corrected chi connectivity index (χ1v) is 9.43. The molecule has 2 aromatic rings. The smallest absolute Gasteiger partial charge is 0.233 e. The summed E-state index contributed by atoms with van der Waals surface area (Å²) >= 11 is 0. The van der Waals surface area contributed by atoms with E-state index in [-0.39, 0.29) is 5.75 Å². The Morgan fingerprint density at radius 1 is 0.917 bits per heavy atom. The standard InChI is InChI=1S/C18H23NO4S/c1-4-14-5-8-16(9-6-14)19-24(20,21)12-11-15-7-10-17(22-2)18(13-15)23-3/h5-10,13,19H,4,11-12H2,1-3H3. The van der Waals surface area contributed by atoms with Gasteiger partial charge in [0.15, 0.2) is 11.5 Å². The molecule has 0 amide bonds. The Labute approximate surface area is 143 Å². The highest BCUT2D eigenvalue weighted by atomic mass is 32.2. The van der Waals surface area contributed by atoms with Crippen LogP contribution in [0.2, 0.25) is 0 Å². The summed E-state index contributed by atoms with van der Waals surface area (Å²) < 4.78 is 37.5. The van der Waals surface area contributed by atoms with Crippen LogP contribution in [0.25, 0.3) is 0 Å². The quantitative estimate of drug-likeness (QED) is 0.794. The zero-order chi connectivity index (χ0) is 17.6. The molecule has 24 heavy (non-hydrogen) atoms. The predicted octanol–water partition coefficient (Wildman–Crippen LogP) is 3.25. The van der Waals surface area contributed by atoms with Gasteiger partial charge < -0.3 is 9.47 Å². The second-order valence-corrected chi connectivity index (χ2v) is 7.25. The van der Waals surface area contributed by atoms with Gasteiger partial charge >= 0.3 is 0 Å². The van der Waals surface area contributed by atoms with Gasteiger partial charge in [-0.3, -0.25) is 4.72 Å². The molecule has 0 atom stereocenters. The van der Waals surface area contributed by atoms with Crippen molar-refractivity contribution in [2.75, 3.05) is 24.7 Å². The van der Waals surface area contributed by atoms with Gasteiger partial charge in [-0.2, -0.15) is 0 Å². The van der Waals surface area contributed by atoms with E-state index >= 15 is 0 Å². The van der Waals surface area contributed by atoms with E-state index in [1.165, 1.54) is 5.56 Å². The van der Waals surface area contributed by atoms with Crippen molar-refractivity contribution in [3.8, 4) is 11.5 Å². The normalized spacial score (nSPS) is 11.1. The molecule has 6 heteroatoms. The van der Waals surface area contributed by atoms with E-state index in [9.17, 15) is 8.42 Å². The maximum Gasteiger partial charge on any atom is 0.233 e. The van der Waals surface area contributed by atoms with E-state index in [1.807, 2.05) is 18.2 Å². The summed E-state index contributed by atoms with van der Waals surface area (Å²) in [6, 6.07) is 12.8. The van der Waals surface area contributed by atoms with Crippen molar-refractivity contribution in [1.29, 1.82) is 0 Å². The summed E-state index contributed by atoms with van der Waals surface area (Å²) in [5, 5.41) is 0. The second-order valence-electron chi connectivity index (χ2n) is 5.41. The van der Waals surface area contributed by atoms with Crippen molar-refractivity contribution in [3.63, 3.8) is 0 Å². The fourth-order valence-electron chi connectivity index (χ4n) is 2.33. The minimum atomic E-state index is -3.41. The van der Waals surface area contributed by atoms with E-state index in [0.717, 1.165) is 12.0 Å². The highest BCUT2D eigenvalue weighted by Crippen LogP contribution is 2.27. The fourth-order valence-corrected chi connectivity index (χ4v) is 3.43. The molecule has 1 N–H and O–H groups in total. The number of benzene rings is 2. The maximum absolute atomic E-state index is 12.2. The van der Waals surface area contributed by atoms with Gasteiger partial charge in [-0.1, -0.05) is 25.1 Å². The van der Waals surface area contributed by atoms with Crippen LogP contribution in [0.5, 0.6) is 11.5 Å². The minimum absolute atomic E-state index is 0.00197. The van der Waals surface area contributed by atoms with Crippen LogP contribution < -0.4 is 14.2 Å². The van der Waals surface area contributed by atoms with Gasteiger partial charge in [0.1, 0.15) is 0 Å². The van der Waals surface area contributed by atoms with Crippen LogP contribution in [-0.2, 0) is 22.9 Å². The first kappa shape index (κ1) is 18.1. The molecule has 0 heterocycles. The summed E-state index contributed by atoms with van der Waals surface area (Å²) in [6.07, 6.45) is 1.31. The van der Waals surface area contributed by atoms with Crippen LogP contribution in [0, 0.1) is 0 Å². The monoisotopic (exact) mass is 349 g/mol. The van der Waals surface area contributed by atoms with Crippen molar-refractivity contribution in [3.05, 3.63) is 53.6 Å². The first-order chi connectivity index (χ1) is 11.5. The van der Waals surface area contributed by atoms with Crippen molar-refractivity contribution >= 4 is 15.7 Å². The number of hydrogen-bond donors (Lipinski definition) is 1. The Morgan fingerprint density at radius 3 is 2.12 bits per heavy atom. The molecular formula is C18H23NO4S. The first-order valence-electron chi connectivity index (χ1n) is 7.77. The van der Waals surface area contributed by atoms with Crippen LogP contribution in [-0.4, -0.2) is 28.4 Å². The number of anilines is 1. The molecule has 0 aromatic heterocycles. The van der Waals surface area contributed by atoms with Crippen LogP contribution >= 0.6 is 0 Å². The number of aryl methyl sites for hydroxylation is 2.